The van der Waals surface area contributed by atoms with Crippen LogP contribution in [-0.2, 0) is 11.0 Å². The molecule has 0 N–H and O–H groups in total. The number of piperidine rings is 2. The van der Waals surface area contributed by atoms with Crippen molar-refractivity contribution in [2.45, 2.75) is 45.7 Å². The number of rotatable bonds is 4. The SMILES string of the molecule is CC(C)C1CCN(C(=O)C2CCN(c3ccc(C(F)(F)F)cc3[N+](=O)[O-])CC2)CC1. The van der Waals surface area contributed by atoms with E-state index in [4.69, 9.17) is 0 Å². The van der Waals surface area contributed by atoms with Crippen LogP contribution in [0.4, 0.5) is 24.5 Å². The van der Waals surface area contributed by atoms with Crippen molar-refractivity contribution in [3.05, 3.63) is 33.9 Å². The molecular weight excluding hydrogens is 399 g/mol. The minimum atomic E-state index is -4.63. The van der Waals surface area contributed by atoms with Gasteiger partial charge in [0.25, 0.3) is 5.69 Å². The summed E-state index contributed by atoms with van der Waals surface area (Å²) in [5.74, 6) is 1.27. The molecule has 0 aliphatic carbocycles. The summed E-state index contributed by atoms with van der Waals surface area (Å²) < 4.78 is 38.7. The van der Waals surface area contributed by atoms with Crippen molar-refractivity contribution in [1.82, 2.24) is 4.90 Å². The van der Waals surface area contributed by atoms with E-state index in [-0.39, 0.29) is 17.5 Å². The number of nitrogens with zero attached hydrogens (tertiary/aromatic N) is 3. The van der Waals surface area contributed by atoms with Gasteiger partial charge in [0.2, 0.25) is 5.91 Å². The van der Waals surface area contributed by atoms with Crippen LogP contribution >= 0.6 is 0 Å². The number of nitro benzene ring substituents is 1. The average molecular weight is 427 g/mol. The van der Waals surface area contributed by atoms with E-state index in [1.165, 1.54) is 6.07 Å². The van der Waals surface area contributed by atoms with Crippen molar-refractivity contribution in [2.75, 3.05) is 31.1 Å². The summed E-state index contributed by atoms with van der Waals surface area (Å²) in [5.41, 5.74) is -1.41. The van der Waals surface area contributed by atoms with E-state index in [1.54, 1.807) is 4.90 Å². The zero-order valence-corrected chi connectivity index (χ0v) is 17.3. The first-order valence-corrected chi connectivity index (χ1v) is 10.5. The number of benzene rings is 1. The van der Waals surface area contributed by atoms with E-state index in [0.29, 0.717) is 43.8 Å². The predicted molar refractivity (Wildman–Crippen MR) is 107 cm³/mol. The van der Waals surface area contributed by atoms with Crippen LogP contribution in [-0.4, -0.2) is 41.9 Å². The third-order valence-electron chi connectivity index (χ3n) is 6.48. The van der Waals surface area contributed by atoms with Gasteiger partial charge in [0, 0.05) is 38.2 Å². The Kier molecular flexibility index (Phi) is 6.57. The summed E-state index contributed by atoms with van der Waals surface area (Å²) in [5, 5.41) is 11.3. The van der Waals surface area contributed by atoms with Crippen molar-refractivity contribution in [3.63, 3.8) is 0 Å². The first-order valence-electron chi connectivity index (χ1n) is 10.5. The van der Waals surface area contributed by atoms with Gasteiger partial charge in [0.05, 0.1) is 10.5 Å². The minimum absolute atomic E-state index is 0.134. The second kappa shape index (κ2) is 8.81. The second-order valence-electron chi connectivity index (χ2n) is 8.63. The maximum Gasteiger partial charge on any atom is 0.416 e. The summed E-state index contributed by atoms with van der Waals surface area (Å²) in [6.07, 6.45) is -1.52. The largest absolute Gasteiger partial charge is 0.416 e. The Balaban J connectivity index is 1.63. The standard InChI is InChI=1S/C21H28F3N3O3/c1-14(2)15-5-11-26(12-6-15)20(28)16-7-9-25(10-8-16)18-4-3-17(21(22,23)24)13-19(18)27(29)30/h3-4,13-16H,5-12H2,1-2H3. The Morgan fingerprint density at radius 1 is 1.10 bits per heavy atom. The summed E-state index contributed by atoms with van der Waals surface area (Å²) in [6, 6.07) is 2.63. The molecule has 2 saturated heterocycles. The van der Waals surface area contributed by atoms with Crippen molar-refractivity contribution in [1.29, 1.82) is 0 Å². The van der Waals surface area contributed by atoms with Gasteiger partial charge in [-0.3, -0.25) is 14.9 Å². The Labute approximate surface area is 174 Å². The fraction of sp³-hybridized carbons (Fsp3) is 0.667. The zero-order valence-electron chi connectivity index (χ0n) is 17.3. The van der Waals surface area contributed by atoms with Crippen LogP contribution in [0, 0.1) is 27.9 Å². The monoisotopic (exact) mass is 427 g/mol. The summed E-state index contributed by atoms with van der Waals surface area (Å²) >= 11 is 0. The molecule has 0 bridgehead atoms. The average Bonchev–Trinajstić information content (AvgIpc) is 2.72. The van der Waals surface area contributed by atoms with Crippen molar-refractivity contribution in [3.8, 4) is 0 Å². The highest BCUT2D eigenvalue weighted by Gasteiger charge is 2.36. The number of hydrogen-bond donors (Lipinski definition) is 0. The number of nitro groups is 1. The van der Waals surface area contributed by atoms with Crippen molar-refractivity contribution >= 4 is 17.3 Å². The molecule has 1 aromatic carbocycles. The number of anilines is 1. The van der Waals surface area contributed by atoms with E-state index < -0.39 is 22.4 Å². The van der Waals surface area contributed by atoms with E-state index >= 15 is 0 Å². The highest BCUT2D eigenvalue weighted by atomic mass is 19.4. The molecule has 166 valence electrons. The number of likely N-dealkylation sites (tertiary alicyclic amines) is 1. The van der Waals surface area contributed by atoms with Gasteiger partial charge in [-0.15, -0.1) is 0 Å². The number of hydrogen-bond acceptors (Lipinski definition) is 4. The summed E-state index contributed by atoms with van der Waals surface area (Å²) in [6.45, 7) is 6.77. The van der Waals surface area contributed by atoms with Crippen LogP contribution in [0.25, 0.3) is 0 Å². The first-order chi connectivity index (χ1) is 14.1. The molecule has 30 heavy (non-hydrogen) atoms. The Morgan fingerprint density at radius 3 is 2.20 bits per heavy atom. The predicted octanol–water partition coefficient (Wildman–Crippen LogP) is 4.72. The molecule has 2 heterocycles. The molecule has 2 fully saturated rings. The molecule has 1 aromatic rings. The fourth-order valence-electron chi connectivity index (χ4n) is 4.53. The maximum atomic E-state index is 12.9. The molecule has 9 heteroatoms. The number of halogens is 3. The quantitative estimate of drug-likeness (QED) is 0.515. The highest BCUT2D eigenvalue weighted by molar-refractivity contribution is 5.79. The smallest absolute Gasteiger partial charge is 0.366 e. The zero-order chi connectivity index (χ0) is 22.1. The minimum Gasteiger partial charge on any atom is -0.366 e. The van der Waals surface area contributed by atoms with Gasteiger partial charge in [-0.05, 0) is 49.7 Å². The molecule has 6 nitrogen and oxygen atoms in total. The van der Waals surface area contributed by atoms with Gasteiger partial charge in [-0.25, -0.2) is 0 Å². The number of alkyl halides is 3. The van der Waals surface area contributed by atoms with E-state index in [1.807, 2.05) is 4.90 Å². The lowest BCUT2D eigenvalue weighted by molar-refractivity contribution is -0.384. The Hall–Kier alpha value is -2.32. The number of carbonyl (C=O) groups excluding carboxylic acids is 1. The molecule has 0 spiro atoms. The van der Waals surface area contributed by atoms with Crippen LogP contribution in [0.2, 0.25) is 0 Å². The molecule has 2 aliphatic rings. The molecule has 0 atom stereocenters. The normalized spacial score (nSPS) is 19.4. The van der Waals surface area contributed by atoms with Crippen LogP contribution in [0.15, 0.2) is 18.2 Å². The van der Waals surface area contributed by atoms with Gasteiger partial charge in [-0.1, -0.05) is 13.8 Å². The van der Waals surface area contributed by atoms with Gasteiger partial charge in [-0.2, -0.15) is 13.2 Å². The number of carbonyl (C=O) groups is 1. The topological polar surface area (TPSA) is 66.7 Å². The van der Waals surface area contributed by atoms with E-state index in [9.17, 15) is 28.1 Å². The second-order valence-corrected chi connectivity index (χ2v) is 8.63. The lowest BCUT2D eigenvalue weighted by Gasteiger charge is -2.38. The van der Waals surface area contributed by atoms with Gasteiger partial charge >= 0.3 is 6.18 Å². The molecule has 3 rings (SSSR count). The molecule has 1 amide bonds. The molecule has 0 unspecified atom stereocenters. The molecule has 0 aromatic heterocycles. The molecular formula is C21H28F3N3O3. The van der Waals surface area contributed by atoms with Gasteiger partial charge in [0.15, 0.2) is 0 Å². The fourth-order valence-corrected chi connectivity index (χ4v) is 4.53. The van der Waals surface area contributed by atoms with Crippen molar-refractivity contribution in [2.24, 2.45) is 17.8 Å². The van der Waals surface area contributed by atoms with Crippen molar-refractivity contribution < 1.29 is 22.9 Å². The lowest BCUT2D eigenvalue weighted by Crippen LogP contribution is -2.46. The van der Waals surface area contributed by atoms with E-state index in [2.05, 4.69) is 13.8 Å². The maximum absolute atomic E-state index is 12.9. The van der Waals surface area contributed by atoms with Crippen LogP contribution in [0.3, 0.4) is 0 Å². The molecule has 0 radical (unpaired) electrons. The van der Waals surface area contributed by atoms with E-state index in [0.717, 1.165) is 32.0 Å². The number of amides is 1. The Morgan fingerprint density at radius 2 is 1.70 bits per heavy atom. The summed E-state index contributed by atoms with van der Waals surface area (Å²) in [7, 11) is 0. The Bertz CT molecular complexity index is 781. The van der Waals surface area contributed by atoms with Crippen LogP contribution in [0.5, 0.6) is 0 Å². The highest BCUT2D eigenvalue weighted by Crippen LogP contribution is 2.38. The summed E-state index contributed by atoms with van der Waals surface area (Å²) in [4.78, 5) is 27.1. The van der Waals surface area contributed by atoms with Crippen LogP contribution in [0.1, 0.15) is 45.1 Å². The van der Waals surface area contributed by atoms with Gasteiger partial charge < -0.3 is 9.80 Å². The molecule has 0 saturated carbocycles. The van der Waals surface area contributed by atoms with Gasteiger partial charge in [0.1, 0.15) is 5.69 Å². The first kappa shape index (κ1) is 22.4. The lowest BCUT2D eigenvalue weighted by atomic mass is 9.86. The molecule has 2 aliphatic heterocycles. The third kappa shape index (κ3) is 4.87. The van der Waals surface area contributed by atoms with Crippen LogP contribution < -0.4 is 4.90 Å². The third-order valence-corrected chi connectivity index (χ3v) is 6.48.